The van der Waals surface area contributed by atoms with Crippen molar-refractivity contribution in [3.8, 4) is 0 Å². The molecule has 0 radical (unpaired) electrons. The summed E-state index contributed by atoms with van der Waals surface area (Å²) in [6.45, 7) is 10.2. The van der Waals surface area contributed by atoms with Crippen LogP contribution in [0, 0.1) is 11.7 Å². The Morgan fingerprint density at radius 1 is 0.944 bits per heavy atom. The van der Waals surface area contributed by atoms with E-state index >= 15 is 4.39 Å². The van der Waals surface area contributed by atoms with Gasteiger partial charge in [0.2, 0.25) is 11.8 Å². The normalized spacial score (nSPS) is 19.4. The molecule has 0 spiro atoms. The van der Waals surface area contributed by atoms with Crippen LogP contribution < -0.4 is 10.9 Å². The molecule has 2 aliphatic heterocycles. The summed E-state index contributed by atoms with van der Waals surface area (Å²) in [4.78, 5) is 73.0. The second-order valence-electron chi connectivity index (χ2n) is 15.8. The zero-order chi connectivity index (χ0) is 38.6. The molecule has 54 heavy (non-hydrogen) atoms. The van der Waals surface area contributed by atoms with Crippen molar-refractivity contribution < 1.29 is 28.3 Å². The van der Waals surface area contributed by atoms with E-state index in [1.807, 2.05) is 28.9 Å². The molecule has 3 fully saturated rings. The number of carbonyl (C=O) groups excluding carboxylic acids is 4. The highest BCUT2D eigenvalue weighted by Crippen LogP contribution is 2.29. The third-order valence-electron chi connectivity index (χ3n) is 10.7. The minimum Gasteiger partial charge on any atom is -0.444 e. The molecule has 3 aliphatic rings. The number of rotatable bonds is 8. The molecule has 1 aliphatic carbocycles. The van der Waals surface area contributed by atoms with Crippen LogP contribution in [0.2, 0.25) is 0 Å². The number of hydrogen-bond donors (Lipinski definition) is 2. The van der Waals surface area contributed by atoms with Gasteiger partial charge in [0.25, 0.3) is 11.5 Å². The number of carbonyl (C=O) groups is 4. The van der Waals surface area contributed by atoms with Gasteiger partial charge in [-0.25, -0.2) is 14.3 Å². The standard InChI is InChI=1S/C40H52FN7O6/c1-26-24-45(16-21-48(26)38(52)35(28-10-6-5-7-11-28)42-39(53)54-40(2,3)4)25-34(49)46-17-19-47(20-18-46)37(51)31-22-27(14-15-32(31)41)23-33-29-12-8-9-13-30(29)36(50)44-43-33/h8-9,12-15,22,26,28,35H,5-7,10-11,16-21,23-25H2,1-4H3,(H,42,53)(H,44,50)/t26-,35+/m0/s1. The summed E-state index contributed by atoms with van der Waals surface area (Å²) in [6.07, 6.45) is 4.64. The first kappa shape index (κ1) is 38.9. The largest absolute Gasteiger partial charge is 0.444 e. The van der Waals surface area contributed by atoms with Gasteiger partial charge in [0.15, 0.2) is 0 Å². The molecule has 1 aromatic heterocycles. The molecule has 14 heteroatoms. The van der Waals surface area contributed by atoms with Gasteiger partial charge < -0.3 is 24.8 Å². The highest BCUT2D eigenvalue weighted by Gasteiger charge is 2.39. The first-order valence-electron chi connectivity index (χ1n) is 19.1. The molecule has 3 heterocycles. The molecule has 4 amide bonds. The predicted molar refractivity (Wildman–Crippen MR) is 201 cm³/mol. The summed E-state index contributed by atoms with van der Waals surface area (Å²) in [6, 6.07) is 10.7. The Labute approximate surface area is 315 Å². The molecule has 0 bridgehead atoms. The molecule has 0 unspecified atom stereocenters. The molecule has 1 saturated carbocycles. The van der Waals surface area contributed by atoms with E-state index in [4.69, 9.17) is 4.74 Å². The van der Waals surface area contributed by atoms with Crippen LogP contribution in [-0.4, -0.2) is 124 Å². The second kappa shape index (κ2) is 16.7. The van der Waals surface area contributed by atoms with Crippen LogP contribution >= 0.6 is 0 Å². The predicted octanol–water partition coefficient (Wildman–Crippen LogP) is 3.94. The van der Waals surface area contributed by atoms with E-state index in [1.54, 1.807) is 48.8 Å². The Morgan fingerprint density at radius 3 is 2.31 bits per heavy atom. The fourth-order valence-electron chi connectivity index (χ4n) is 7.93. The van der Waals surface area contributed by atoms with Crippen molar-refractivity contribution >= 4 is 34.6 Å². The smallest absolute Gasteiger partial charge is 0.408 e. The summed E-state index contributed by atoms with van der Waals surface area (Å²) in [7, 11) is 0. The highest BCUT2D eigenvalue weighted by molar-refractivity contribution is 5.95. The maximum atomic E-state index is 15.0. The van der Waals surface area contributed by atoms with E-state index in [0.717, 1.165) is 32.1 Å². The summed E-state index contributed by atoms with van der Waals surface area (Å²) >= 11 is 0. The maximum absolute atomic E-state index is 15.0. The number of amides is 4. The van der Waals surface area contributed by atoms with E-state index in [-0.39, 0.29) is 54.5 Å². The van der Waals surface area contributed by atoms with Crippen molar-refractivity contribution in [3.63, 3.8) is 0 Å². The average molecular weight is 746 g/mol. The Hall–Kier alpha value is -4.85. The van der Waals surface area contributed by atoms with Gasteiger partial charge in [0.05, 0.1) is 23.2 Å². The second-order valence-corrected chi connectivity index (χ2v) is 15.8. The lowest BCUT2D eigenvalue weighted by molar-refractivity contribution is -0.141. The van der Waals surface area contributed by atoms with Gasteiger partial charge in [-0.05, 0) is 70.2 Å². The first-order chi connectivity index (χ1) is 25.8. The van der Waals surface area contributed by atoms with E-state index in [0.29, 0.717) is 61.2 Å². The van der Waals surface area contributed by atoms with Crippen molar-refractivity contribution in [2.24, 2.45) is 5.92 Å². The summed E-state index contributed by atoms with van der Waals surface area (Å²) in [5.74, 6) is -1.18. The van der Waals surface area contributed by atoms with Crippen molar-refractivity contribution in [3.05, 3.63) is 75.5 Å². The number of ether oxygens (including phenoxy) is 1. The van der Waals surface area contributed by atoms with Crippen molar-refractivity contribution in [2.45, 2.75) is 83.9 Å². The molecular formula is C40H52FN7O6. The Morgan fingerprint density at radius 2 is 1.63 bits per heavy atom. The van der Waals surface area contributed by atoms with Gasteiger partial charge in [-0.2, -0.15) is 5.10 Å². The monoisotopic (exact) mass is 745 g/mol. The van der Waals surface area contributed by atoms with Crippen LogP contribution in [0.4, 0.5) is 9.18 Å². The van der Waals surface area contributed by atoms with Gasteiger partial charge >= 0.3 is 6.09 Å². The summed E-state index contributed by atoms with van der Waals surface area (Å²) in [5.41, 5.74) is 0.278. The lowest BCUT2D eigenvalue weighted by Crippen LogP contribution is -2.61. The first-order valence-corrected chi connectivity index (χ1v) is 19.1. The number of fused-ring (bicyclic) bond motifs is 1. The number of H-pyrrole nitrogens is 1. The van der Waals surface area contributed by atoms with Crippen LogP contribution in [0.5, 0.6) is 0 Å². The molecule has 2 atom stereocenters. The quantitative estimate of drug-likeness (QED) is 0.353. The molecule has 2 N–H and O–H groups in total. The third-order valence-corrected chi connectivity index (χ3v) is 10.7. The van der Waals surface area contributed by atoms with Crippen LogP contribution in [-0.2, 0) is 20.7 Å². The number of halogens is 1. The molecule has 2 saturated heterocycles. The van der Waals surface area contributed by atoms with Crippen molar-refractivity contribution in [1.29, 1.82) is 0 Å². The number of benzene rings is 2. The number of aromatic amines is 1. The molecule has 13 nitrogen and oxygen atoms in total. The number of aromatic nitrogens is 2. The number of nitrogens with zero attached hydrogens (tertiary/aromatic N) is 5. The van der Waals surface area contributed by atoms with Crippen LogP contribution in [0.3, 0.4) is 0 Å². The van der Waals surface area contributed by atoms with E-state index < -0.39 is 29.5 Å². The fourth-order valence-corrected chi connectivity index (χ4v) is 7.93. The van der Waals surface area contributed by atoms with Gasteiger partial charge in [-0.3, -0.25) is 24.1 Å². The average Bonchev–Trinajstić information content (AvgIpc) is 3.15. The van der Waals surface area contributed by atoms with Crippen LogP contribution in [0.1, 0.15) is 81.4 Å². The van der Waals surface area contributed by atoms with Crippen molar-refractivity contribution in [2.75, 3.05) is 52.4 Å². The topological polar surface area (TPSA) is 148 Å². The zero-order valence-electron chi connectivity index (χ0n) is 31.7. The zero-order valence-corrected chi connectivity index (χ0v) is 31.7. The Kier molecular flexibility index (Phi) is 12.0. The van der Waals surface area contributed by atoms with E-state index in [2.05, 4.69) is 15.5 Å². The van der Waals surface area contributed by atoms with Gasteiger partial charge in [0, 0.05) is 63.7 Å². The molecule has 3 aromatic rings. The van der Waals surface area contributed by atoms with Crippen LogP contribution in [0.15, 0.2) is 47.3 Å². The van der Waals surface area contributed by atoms with Gasteiger partial charge in [0.1, 0.15) is 17.5 Å². The fraction of sp³-hybridized carbons (Fsp3) is 0.550. The number of alkyl carbamates (subject to hydrolysis) is 1. The minimum absolute atomic E-state index is 0.0468. The number of piperazine rings is 2. The Balaban J connectivity index is 1.01. The van der Waals surface area contributed by atoms with Gasteiger partial charge in [-0.1, -0.05) is 43.5 Å². The minimum atomic E-state index is -0.677. The number of hydrogen-bond acceptors (Lipinski definition) is 8. The molecular weight excluding hydrogens is 693 g/mol. The van der Waals surface area contributed by atoms with Crippen molar-refractivity contribution in [1.82, 2.24) is 35.1 Å². The van der Waals surface area contributed by atoms with E-state index in [9.17, 15) is 24.0 Å². The third kappa shape index (κ3) is 9.26. The molecule has 6 rings (SSSR count). The van der Waals surface area contributed by atoms with Gasteiger partial charge in [-0.15, -0.1) is 0 Å². The Bertz CT molecular complexity index is 1910. The number of nitrogens with one attached hydrogen (secondary N) is 2. The highest BCUT2D eigenvalue weighted by atomic mass is 19.1. The SMILES string of the molecule is C[C@H]1CN(CC(=O)N2CCN(C(=O)c3cc(Cc4n[nH]c(=O)c5ccccc45)ccc3F)CC2)CCN1C(=O)[C@H](NC(=O)OC(C)(C)C)C1CCCCC1. The molecule has 290 valence electrons. The summed E-state index contributed by atoms with van der Waals surface area (Å²) < 4.78 is 20.5. The summed E-state index contributed by atoms with van der Waals surface area (Å²) in [5, 5.41) is 10.8. The maximum Gasteiger partial charge on any atom is 0.408 e. The lowest BCUT2D eigenvalue weighted by atomic mass is 9.83. The lowest BCUT2D eigenvalue weighted by Gasteiger charge is -2.43. The molecule has 2 aromatic carbocycles. The van der Waals surface area contributed by atoms with Crippen LogP contribution in [0.25, 0.3) is 10.8 Å². The van der Waals surface area contributed by atoms with E-state index in [1.165, 1.54) is 12.1 Å².